The van der Waals surface area contributed by atoms with E-state index in [4.69, 9.17) is 15.7 Å². The van der Waals surface area contributed by atoms with E-state index >= 15 is 0 Å². The first-order valence-corrected chi connectivity index (χ1v) is 10.6. The monoisotopic (exact) mass is 424 g/mol. The predicted octanol–water partition coefficient (Wildman–Crippen LogP) is 4.20. The van der Waals surface area contributed by atoms with Crippen LogP contribution in [0.15, 0.2) is 67.0 Å². The third-order valence-corrected chi connectivity index (χ3v) is 5.38. The van der Waals surface area contributed by atoms with Crippen molar-refractivity contribution in [3.05, 3.63) is 78.1 Å². The fourth-order valence-electron chi connectivity index (χ4n) is 3.66. The summed E-state index contributed by atoms with van der Waals surface area (Å²) >= 11 is 0. The van der Waals surface area contributed by atoms with E-state index in [1.807, 2.05) is 54.2 Å². The van der Waals surface area contributed by atoms with E-state index in [-0.39, 0.29) is 0 Å². The van der Waals surface area contributed by atoms with Crippen LogP contribution in [0.2, 0.25) is 0 Å². The Morgan fingerprint density at radius 3 is 2.47 bits per heavy atom. The summed E-state index contributed by atoms with van der Waals surface area (Å²) in [6.45, 7) is 5.40. The lowest BCUT2D eigenvalue weighted by atomic mass is 10.1. The molecule has 32 heavy (non-hydrogen) atoms. The zero-order valence-corrected chi connectivity index (χ0v) is 18.0. The summed E-state index contributed by atoms with van der Waals surface area (Å²) in [5, 5.41) is 7.80. The molecule has 0 aliphatic heterocycles. The molecule has 0 aliphatic carbocycles. The maximum Gasteiger partial charge on any atom is 0.233 e. The Kier molecular flexibility index (Phi) is 5.03. The van der Waals surface area contributed by atoms with Crippen LogP contribution in [0.4, 0.5) is 11.8 Å². The van der Waals surface area contributed by atoms with E-state index < -0.39 is 0 Å². The first-order valence-electron chi connectivity index (χ1n) is 10.6. The van der Waals surface area contributed by atoms with Gasteiger partial charge in [-0.15, -0.1) is 0 Å². The van der Waals surface area contributed by atoms with E-state index in [2.05, 4.69) is 46.6 Å². The average molecular weight is 425 g/mol. The summed E-state index contributed by atoms with van der Waals surface area (Å²) < 4.78 is 3.75. The standard InChI is InChI=1S/C24H24N8/c1-3-31-22-20(21(25)29-23(30-22)26-13-17-7-5-4-6-8-17)28-24(31)32-15-19(14-27-32)18-11-9-16(2)10-12-18/h4-12,14-15H,3,13H2,1-2H3,(H3,25,26,29,30). The summed E-state index contributed by atoms with van der Waals surface area (Å²) in [5.41, 5.74) is 12.0. The van der Waals surface area contributed by atoms with Gasteiger partial charge in [0.2, 0.25) is 11.9 Å². The molecule has 0 radical (unpaired) electrons. The van der Waals surface area contributed by atoms with Crippen molar-refractivity contribution in [2.75, 3.05) is 11.1 Å². The molecule has 0 unspecified atom stereocenters. The molecule has 0 atom stereocenters. The van der Waals surface area contributed by atoms with Gasteiger partial charge in [0, 0.05) is 24.8 Å². The van der Waals surface area contributed by atoms with Gasteiger partial charge in [-0.05, 0) is 25.0 Å². The molecule has 0 saturated carbocycles. The van der Waals surface area contributed by atoms with E-state index in [0.29, 0.717) is 42.0 Å². The van der Waals surface area contributed by atoms with Crippen molar-refractivity contribution in [3.63, 3.8) is 0 Å². The number of aryl methyl sites for hydroxylation is 2. The molecule has 160 valence electrons. The molecular weight excluding hydrogens is 400 g/mol. The Bertz CT molecular complexity index is 1370. The van der Waals surface area contributed by atoms with Crippen molar-refractivity contribution >= 4 is 22.9 Å². The fourth-order valence-corrected chi connectivity index (χ4v) is 3.66. The topological polar surface area (TPSA) is 99.5 Å². The molecule has 5 aromatic rings. The minimum absolute atomic E-state index is 0.338. The lowest BCUT2D eigenvalue weighted by Crippen LogP contribution is -2.08. The largest absolute Gasteiger partial charge is 0.382 e. The highest BCUT2D eigenvalue weighted by molar-refractivity contribution is 5.84. The number of fused-ring (bicyclic) bond motifs is 1. The van der Waals surface area contributed by atoms with Gasteiger partial charge in [0.15, 0.2) is 17.0 Å². The maximum absolute atomic E-state index is 6.25. The number of nitrogen functional groups attached to an aromatic ring is 1. The van der Waals surface area contributed by atoms with E-state index in [9.17, 15) is 0 Å². The van der Waals surface area contributed by atoms with Crippen molar-refractivity contribution in [3.8, 4) is 17.1 Å². The van der Waals surface area contributed by atoms with Gasteiger partial charge in [-0.1, -0.05) is 60.2 Å². The van der Waals surface area contributed by atoms with Gasteiger partial charge in [0.1, 0.15) is 0 Å². The van der Waals surface area contributed by atoms with Gasteiger partial charge in [-0.3, -0.25) is 4.57 Å². The SMILES string of the molecule is CCn1c(-n2cc(-c3ccc(C)cc3)cn2)nc2c(N)nc(NCc3ccccc3)nc21. The number of aromatic nitrogens is 6. The Morgan fingerprint density at radius 1 is 0.938 bits per heavy atom. The molecule has 0 spiro atoms. The second kappa shape index (κ2) is 8.14. The summed E-state index contributed by atoms with van der Waals surface area (Å²) in [7, 11) is 0. The highest BCUT2D eigenvalue weighted by atomic mass is 15.4. The molecule has 0 saturated heterocycles. The Hall–Kier alpha value is -4.20. The van der Waals surface area contributed by atoms with Gasteiger partial charge in [-0.2, -0.15) is 15.1 Å². The lowest BCUT2D eigenvalue weighted by molar-refractivity contribution is 0.697. The van der Waals surface area contributed by atoms with Crippen LogP contribution >= 0.6 is 0 Å². The zero-order chi connectivity index (χ0) is 22.1. The van der Waals surface area contributed by atoms with Gasteiger partial charge in [-0.25, -0.2) is 9.67 Å². The number of nitrogens with two attached hydrogens (primary N) is 1. The molecule has 5 rings (SSSR count). The number of anilines is 2. The highest BCUT2D eigenvalue weighted by Gasteiger charge is 2.18. The fraction of sp³-hybridized carbons (Fsp3) is 0.167. The van der Waals surface area contributed by atoms with Crippen LogP contribution in [0.3, 0.4) is 0 Å². The van der Waals surface area contributed by atoms with Crippen molar-refractivity contribution in [1.29, 1.82) is 0 Å². The predicted molar refractivity (Wildman–Crippen MR) is 126 cm³/mol. The smallest absolute Gasteiger partial charge is 0.233 e. The third-order valence-electron chi connectivity index (χ3n) is 5.38. The Morgan fingerprint density at radius 2 is 1.72 bits per heavy atom. The molecule has 8 nitrogen and oxygen atoms in total. The Labute approximate surface area is 185 Å². The average Bonchev–Trinajstić information content (AvgIpc) is 3.44. The summed E-state index contributed by atoms with van der Waals surface area (Å²) in [4.78, 5) is 13.8. The van der Waals surface area contributed by atoms with Crippen molar-refractivity contribution in [2.24, 2.45) is 0 Å². The third kappa shape index (κ3) is 3.66. The summed E-state index contributed by atoms with van der Waals surface area (Å²) in [5.74, 6) is 1.47. The van der Waals surface area contributed by atoms with Crippen LogP contribution in [0.5, 0.6) is 0 Å². The summed E-state index contributed by atoms with van der Waals surface area (Å²) in [6, 6.07) is 18.5. The van der Waals surface area contributed by atoms with Crippen LogP contribution in [-0.2, 0) is 13.1 Å². The second-order valence-corrected chi connectivity index (χ2v) is 7.64. The summed E-state index contributed by atoms with van der Waals surface area (Å²) in [6.07, 6.45) is 3.81. The molecule has 0 aliphatic rings. The van der Waals surface area contributed by atoms with Gasteiger partial charge >= 0.3 is 0 Å². The van der Waals surface area contributed by atoms with Gasteiger partial charge < -0.3 is 11.1 Å². The molecule has 0 fully saturated rings. The first kappa shape index (κ1) is 19.7. The molecule has 0 amide bonds. The van der Waals surface area contributed by atoms with Crippen LogP contribution in [0.1, 0.15) is 18.1 Å². The minimum atomic E-state index is 0.338. The first-order chi connectivity index (χ1) is 15.6. The molecule has 3 heterocycles. The number of rotatable bonds is 6. The molecule has 0 bridgehead atoms. The number of benzene rings is 2. The number of hydrogen-bond donors (Lipinski definition) is 2. The van der Waals surface area contributed by atoms with Crippen molar-refractivity contribution in [2.45, 2.75) is 26.9 Å². The van der Waals surface area contributed by atoms with E-state index in [1.54, 1.807) is 4.68 Å². The number of nitrogens with zero attached hydrogens (tertiary/aromatic N) is 6. The molecular formula is C24H24N8. The van der Waals surface area contributed by atoms with E-state index in [1.165, 1.54) is 5.56 Å². The number of hydrogen-bond acceptors (Lipinski definition) is 6. The van der Waals surface area contributed by atoms with Crippen molar-refractivity contribution < 1.29 is 0 Å². The maximum atomic E-state index is 6.25. The molecule has 3 N–H and O–H groups in total. The highest BCUT2D eigenvalue weighted by Crippen LogP contribution is 2.25. The quantitative estimate of drug-likeness (QED) is 0.424. The van der Waals surface area contributed by atoms with Crippen LogP contribution in [0, 0.1) is 6.92 Å². The Balaban J connectivity index is 1.50. The van der Waals surface area contributed by atoms with Crippen LogP contribution in [0.25, 0.3) is 28.2 Å². The lowest BCUT2D eigenvalue weighted by Gasteiger charge is -2.08. The second-order valence-electron chi connectivity index (χ2n) is 7.64. The van der Waals surface area contributed by atoms with Gasteiger partial charge in [0.25, 0.3) is 0 Å². The zero-order valence-electron chi connectivity index (χ0n) is 18.0. The van der Waals surface area contributed by atoms with Crippen LogP contribution < -0.4 is 11.1 Å². The molecule has 8 heteroatoms. The number of nitrogens with one attached hydrogen (secondary N) is 1. The van der Waals surface area contributed by atoms with Crippen molar-refractivity contribution in [1.82, 2.24) is 29.3 Å². The molecule has 3 aromatic heterocycles. The van der Waals surface area contributed by atoms with E-state index in [0.717, 1.165) is 16.7 Å². The molecule has 2 aromatic carbocycles. The number of imidazole rings is 1. The van der Waals surface area contributed by atoms with Crippen LogP contribution in [-0.4, -0.2) is 29.3 Å². The minimum Gasteiger partial charge on any atom is -0.382 e. The van der Waals surface area contributed by atoms with Gasteiger partial charge in [0.05, 0.1) is 6.20 Å². The normalized spacial score (nSPS) is 11.2.